The van der Waals surface area contributed by atoms with Crippen LogP contribution in [-0.2, 0) is 14.3 Å². The van der Waals surface area contributed by atoms with E-state index in [1.807, 2.05) is 6.92 Å². The largest absolute Gasteiger partial charge is 0.387 e. The van der Waals surface area contributed by atoms with Crippen molar-refractivity contribution in [3.05, 3.63) is 12.2 Å². The smallest absolute Gasteiger partial charge is 0.252 e. The molecule has 5 atom stereocenters. The number of carbonyl (C=O) groups is 2. The molecule has 1 aliphatic rings. The molecule has 0 bridgehead atoms. The van der Waals surface area contributed by atoms with Crippen LogP contribution in [0.4, 0.5) is 0 Å². The first-order valence-electron chi connectivity index (χ1n) is 8.74. The zero-order valence-corrected chi connectivity index (χ0v) is 14.9. The second kappa shape index (κ2) is 11.2. The fourth-order valence-corrected chi connectivity index (χ4v) is 2.63. The summed E-state index contributed by atoms with van der Waals surface area (Å²) < 4.78 is 4.99. The molecule has 1 aliphatic heterocycles. The average molecular weight is 358 g/mol. The number of hydrogen-bond donors (Lipinski definition) is 5. The standard InChI is InChI=1S/C17H30N2O6/c1-3-4-5-9-12(20)13(21)14(22)15(25-2)17(24)19-11-8-6-7-10-18-16(11)23/h5,9,11-15,20-22H,3-4,6-8,10H2,1-2H3,(H,18,23)(H,19,24)/b9-5+/t11-,12+,13-,14+,15+/m0/s1. The number of amides is 2. The predicted molar refractivity (Wildman–Crippen MR) is 91.7 cm³/mol. The number of allylic oxidation sites excluding steroid dienone is 1. The van der Waals surface area contributed by atoms with Gasteiger partial charge in [0, 0.05) is 13.7 Å². The molecule has 0 aromatic rings. The van der Waals surface area contributed by atoms with Crippen LogP contribution in [0.5, 0.6) is 0 Å². The van der Waals surface area contributed by atoms with E-state index in [9.17, 15) is 24.9 Å². The molecular weight excluding hydrogens is 328 g/mol. The highest BCUT2D eigenvalue weighted by Gasteiger charge is 2.36. The van der Waals surface area contributed by atoms with Gasteiger partial charge in [0.05, 0.1) is 0 Å². The molecular formula is C17H30N2O6. The number of unbranched alkanes of at least 4 members (excludes halogenated alkanes) is 1. The normalized spacial score (nSPS) is 23.4. The van der Waals surface area contributed by atoms with Crippen molar-refractivity contribution in [2.45, 2.75) is 69.5 Å². The highest BCUT2D eigenvalue weighted by atomic mass is 16.5. The van der Waals surface area contributed by atoms with Crippen LogP contribution >= 0.6 is 0 Å². The van der Waals surface area contributed by atoms with Crippen LogP contribution in [0.25, 0.3) is 0 Å². The van der Waals surface area contributed by atoms with E-state index in [1.54, 1.807) is 6.08 Å². The highest BCUT2D eigenvalue weighted by molar-refractivity contribution is 5.89. The molecule has 2 amide bonds. The van der Waals surface area contributed by atoms with E-state index >= 15 is 0 Å². The molecule has 25 heavy (non-hydrogen) atoms. The number of nitrogens with one attached hydrogen (secondary N) is 2. The number of carbonyl (C=O) groups excluding carboxylic acids is 2. The van der Waals surface area contributed by atoms with Gasteiger partial charge in [0.25, 0.3) is 5.91 Å². The Labute approximate surface area is 148 Å². The van der Waals surface area contributed by atoms with Crippen molar-refractivity contribution in [2.24, 2.45) is 0 Å². The molecule has 0 spiro atoms. The molecule has 0 aromatic heterocycles. The number of rotatable bonds is 9. The van der Waals surface area contributed by atoms with Gasteiger partial charge in [0.1, 0.15) is 24.4 Å². The van der Waals surface area contributed by atoms with Gasteiger partial charge in [0.2, 0.25) is 5.91 Å². The Morgan fingerprint density at radius 1 is 1.36 bits per heavy atom. The molecule has 5 N–H and O–H groups in total. The van der Waals surface area contributed by atoms with Crippen LogP contribution in [0.15, 0.2) is 12.2 Å². The van der Waals surface area contributed by atoms with Crippen molar-refractivity contribution in [1.29, 1.82) is 0 Å². The number of ether oxygens (including phenoxy) is 1. The maximum absolute atomic E-state index is 12.3. The lowest BCUT2D eigenvalue weighted by atomic mass is 10.0. The van der Waals surface area contributed by atoms with E-state index in [1.165, 1.54) is 13.2 Å². The Morgan fingerprint density at radius 2 is 2.08 bits per heavy atom. The van der Waals surface area contributed by atoms with E-state index in [0.29, 0.717) is 13.0 Å². The van der Waals surface area contributed by atoms with E-state index < -0.39 is 36.4 Å². The maximum Gasteiger partial charge on any atom is 0.252 e. The molecule has 1 saturated heterocycles. The summed E-state index contributed by atoms with van der Waals surface area (Å²) in [6.07, 6.45) is 0.838. The van der Waals surface area contributed by atoms with E-state index in [2.05, 4.69) is 10.6 Å². The van der Waals surface area contributed by atoms with Crippen molar-refractivity contribution in [3.8, 4) is 0 Å². The third kappa shape index (κ3) is 6.74. The summed E-state index contributed by atoms with van der Waals surface area (Å²) in [5.41, 5.74) is 0. The highest BCUT2D eigenvalue weighted by Crippen LogP contribution is 2.12. The lowest BCUT2D eigenvalue weighted by Crippen LogP contribution is -2.55. The third-order valence-electron chi connectivity index (χ3n) is 4.16. The summed E-state index contributed by atoms with van der Waals surface area (Å²) in [6, 6.07) is -0.702. The van der Waals surface area contributed by atoms with Crippen molar-refractivity contribution in [2.75, 3.05) is 13.7 Å². The zero-order valence-electron chi connectivity index (χ0n) is 14.9. The minimum Gasteiger partial charge on any atom is -0.387 e. The van der Waals surface area contributed by atoms with Crippen LogP contribution < -0.4 is 10.6 Å². The number of hydrogen-bond acceptors (Lipinski definition) is 6. The summed E-state index contributed by atoms with van der Waals surface area (Å²) in [7, 11) is 1.21. The minimum absolute atomic E-state index is 0.279. The van der Waals surface area contributed by atoms with Crippen LogP contribution in [0, 0.1) is 0 Å². The summed E-state index contributed by atoms with van der Waals surface area (Å²) in [5.74, 6) is -0.987. The van der Waals surface area contributed by atoms with Gasteiger partial charge < -0.3 is 30.7 Å². The lowest BCUT2D eigenvalue weighted by molar-refractivity contribution is -0.150. The van der Waals surface area contributed by atoms with Crippen molar-refractivity contribution in [1.82, 2.24) is 10.6 Å². The van der Waals surface area contributed by atoms with Crippen LogP contribution in [0.3, 0.4) is 0 Å². The Bertz CT molecular complexity index is 456. The summed E-state index contributed by atoms with van der Waals surface area (Å²) in [5, 5.41) is 35.4. The van der Waals surface area contributed by atoms with Crippen molar-refractivity contribution < 1.29 is 29.6 Å². The minimum atomic E-state index is -1.64. The quantitative estimate of drug-likeness (QED) is 0.344. The molecule has 8 heteroatoms. The Balaban J connectivity index is 2.68. The van der Waals surface area contributed by atoms with Crippen molar-refractivity contribution in [3.63, 3.8) is 0 Å². The topological polar surface area (TPSA) is 128 Å². The molecule has 1 heterocycles. The molecule has 0 radical (unpaired) electrons. The molecule has 144 valence electrons. The number of methoxy groups -OCH3 is 1. The van der Waals surface area contributed by atoms with Gasteiger partial charge in [-0.3, -0.25) is 9.59 Å². The van der Waals surface area contributed by atoms with E-state index in [-0.39, 0.29) is 5.91 Å². The number of aliphatic hydroxyl groups is 3. The Kier molecular flexibility index (Phi) is 9.66. The Hall–Kier alpha value is -1.48. The molecule has 0 saturated carbocycles. The molecule has 1 rings (SSSR count). The lowest BCUT2D eigenvalue weighted by Gasteiger charge is -2.28. The summed E-state index contributed by atoms with van der Waals surface area (Å²) in [4.78, 5) is 24.2. The SMILES string of the molecule is CCC/C=C/[C@@H](O)[C@H](O)[C@@H](O)[C@@H](OC)C(=O)N[C@H]1CCCCNC1=O. The van der Waals surface area contributed by atoms with Gasteiger partial charge in [-0.25, -0.2) is 0 Å². The van der Waals surface area contributed by atoms with E-state index in [4.69, 9.17) is 4.74 Å². The van der Waals surface area contributed by atoms with Gasteiger partial charge in [-0.15, -0.1) is 0 Å². The zero-order chi connectivity index (χ0) is 18.8. The van der Waals surface area contributed by atoms with Gasteiger partial charge in [-0.05, 0) is 25.7 Å². The summed E-state index contributed by atoms with van der Waals surface area (Å²) in [6.45, 7) is 2.54. The fraction of sp³-hybridized carbons (Fsp3) is 0.765. The molecule has 0 unspecified atom stereocenters. The van der Waals surface area contributed by atoms with Gasteiger partial charge in [0.15, 0.2) is 6.10 Å². The Morgan fingerprint density at radius 3 is 2.72 bits per heavy atom. The first kappa shape index (κ1) is 21.6. The molecule has 0 aliphatic carbocycles. The van der Waals surface area contributed by atoms with Crippen LogP contribution in [0.2, 0.25) is 0 Å². The van der Waals surface area contributed by atoms with Crippen LogP contribution in [-0.4, -0.2) is 71.2 Å². The maximum atomic E-state index is 12.3. The fourth-order valence-electron chi connectivity index (χ4n) is 2.63. The van der Waals surface area contributed by atoms with Crippen LogP contribution in [0.1, 0.15) is 39.0 Å². The molecule has 0 aromatic carbocycles. The predicted octanol–water partition coefficient (Wildman–Crippen LogP) is -0.775. The van der Waals surface area contributed by atoms with Gasteiger partial charge in [-0.1, -0.05) is 25.5 Å². The second-order valence-electron chi connectivity index (χ2n) is 6.19. The third-order valence-corrected chi connectivity index (χ3v) is 4.16. The second-order valence-corrected chi connectivity index (χ2v) is 6.19. The average Bonchev–Trinajstić information content (AvgIpc) is 2.79. The van der Waals surface area contributed by atoms with E-state index in [0.717, 1.165) is 25.7 Å². The molecule has 1 fully saturated rings. The van der Waals surface area contributed by atoms with Crippen molar-refractivity contribution >= 4 is 11.8 Å². The summed E-state index contributed by atoms with van der Waals surface area (Å²) >= 11 is 0. The first-order valence-corrected chi connectivity index (χ1v) is 8.74. The monoisotopic (exact) mass is 358 g/mol. The van der Waals surface area contributed by atoms with Gasteiger partial charge in [-0.2, -0.15) is 0 Å². The van der Waals surface area contributed by atoms with Gasteiger partial charge >= 0.3 is 0 Å². The first-order chi connectivity index (χ1) is 11.9. The molecule has 8 nitrogen and oxygen atoms in total. The number of aliphatic hydroxyl groups excluding tert-OH is 3.